The Bertz CT molecular complexity index is 2860. The van der Waals surface area contributed by atoms with Crippen molar-refractivity contribution >= 4 is 43.1 Å². The maximum atomic E-state index is 2.47. The molecule has 0 saturated carbocycles. The van der Waals surface area contributed by atoms with Crippen LogP contribution in [-0.4, -0.2) is 0 Å². The summed E-state index contributed by atoms with van der Waals surface area (Å²) in [6, 6.07) is 76.8. The summed E-state index contributed by atoms with van der Waals surface area (Å²) >= 11 is 0. The van der Waals surface area contributed by atoms with Gasteiger partial charge in [-0.1, -0.05) is 182 Å². The van der Waals surface area contributed by atoms with Gasteiger partial charge in [-0.05, 0) is 123 Å². The van der Waals surface area contributed by atoms with E-state index >= 15 is 0 Å². The molecule has 53 heavy (non-hydrogen) atoms. The van der Waals surface area contributed by atoms with E-state index in [2.05, 4.69) is 206 Å². The van der Waals surface area contributed by atoms with Crippen molar-refractivity contribution in [3.8, 4) is 33.4 Å². The molecule has 0 nitrogen and oxygen atoms in total. The minimum Gasteiger partial charge on any atom is -0.0619 e. The molecule has 0 spiro atoms. The van der Waals surface area contributed by atoms with Crippen molar-refractivity contribution in [2.24, 2.45) is 0 Å². The molecule has 0 amide bonds. The molecule has 0 saturated heterocycles. The minimum atomic E-state index is -0.529. The Kier molecular flexibility index (Phi) is 6.57. The van der Waals surface area contributed by atoms with E-state index in [0.29, 0.717) is 0 Å². The summed E-state index contributed by atoms with van der Waals surface area (Å²) in [5.74, 6) is 0. The number of benzene rings is 10. The lowest BCUT2D eigenvalue weighted by Crippen LogP contribution is -2.28. The second-order valence-corrected chi connectivity index (χ2v) is 14.4. The predicted molar refractivity (Wildman–Crippen MR) is 225 cm³/mol. The number of rotatable bonds is 4. The van der Waals surface area contributed by atoms with E-state index in [9.17, 15) is 0 Å². The molecule has 1 aliphatic carbocycles. The lowest BCUT2D eigenvalue weighted by Gasteiger charge is -2.34. The van der Waals surface area contributed by atoms with Crippen LogP contribution in [0.25, 0.3) is 76.5 Å². The van der Waals surface area contributed by atoms with Gasteiger partial charge in [0.1, 0.15) is 0 Å². The normalized spacial score (nSPS) is 13.1. The molecule has 10 aromatic rings. The maximum Gasteiger partial charge on any atom is 0.0713 e. The Morgan fingerprint density at radius 3 is 1.09 bits per heavy atom. The zero-order valence-electron chi connectivity index (χ0n) is 29.1. The fourth-order valence-electron chi connectivity index (χ4n) is 9.45. The van der Waals surface area contributed by atoms with Gasteiger partial charge in [0.25, 0.3) is 0 Å². The molecule has 0 aliphatic heterocycles. The molecular weight excluding hydrogens is 637 g/mol. The van der Waals surface area contributed by atoms with Crippen LogP contribution in [0.4, 0.5) is 0 Å². The SMILES string of the molecule is c1cc(-c2cc3ccccc3c3ccccc23)cc(C2(c3cccc(-c4cc5ccccc5c5ccccc45)c3)c3ccccc3-c3ccccc32)c1. The van der Waals surface area contributed by atoms with Gasteiger partial charge in [0, 0.05) is 0 Å². The molecule has 0 heteroatoms. The largest absolute Gasteiger partial charge is 0.0713 e. The highest BCUT2D eigenvalue weighted by Crippen LogP contribution is 2.57. The highest BCUT2D eigenvalue weighted by Gasteiger charge is 2.46. The average molecular weight is 671 g/mol. The minimum absolute atomic E-state index is 0.529. The van der Waals surface area contributed by atoms with Crippen molar-refractivity contribution < 1.29 is 0 Å². The molecule has 0 unspecified atom stereocenters. The molecule has 246 valence electrons. The lowest BCUT2D eigenvalue weighted by atomic mass is 9.67. The number of hydrogen-bond donors (Lipinski definition) is 0. The third kappa shape index (κ3) is 4.36. The van der Waals surface area contributed by atoms with Crippen LogP contribution in [0.2, 0.25) is 0 Å². The molecule has 10 aromatic carbocycles. The summed E-state index contributed by atoms with van der Waals surface area (Å²) in [4.78, 5) is 0. The van der Waals surface area contributed by atoms with E-state index < -0.39 is 5.41 Å². The second kappa shape index (κ2) is 11.6. The van der Waals surface area contributed by atoms with Crippen LogP contribution >= 0.6 is 0 Å². The molecule has 0 heterocycles. The van der Waals surface area contributed by atoms with Gasteiger partial charge >= 0.3 is 0 Å². The summed E-state index contributed by atoms with van der Waals surface area (Å²) in [5, 5.41) is 10.2. The van der Waals surface area contributed by atoms with Crippen molar-refractivity contribution in [2.75, 3.05) is 0 Å². The highest BCUT2D eigenvalue weighted by molar-refractivity contribution is 6.15. The summed E-state index contributed by atoms with van der Waals surface area (Å²) in [5.41, 5.74) is 12.2. The monoisotopic (exact) mass is 670 g/mol. The van der Waals surface area contributed by atoms with Gasteiger partial charge in [-0.2, -0.15) is 0 Å². The van der Waals surface area contributed by atoms with E-state index in [1.54, 1.807) is 0 Å². The van der Waals surface area contributed by atoms with Crippen LogP contribution < -0.4 is 0 Å². The number of hydrogen-bond acceptors (Lipinski definition) is 0. The Labute approximate surface area is 309 Å². The van der Waals surface area contributed by atoms with Gasteiger partial charge in [-0.3, -0.25) is 0 Å². The standard InChI is InChI=1S/C53H34/c1-3-21-41-37(15-1)33-49(45-25-7-5-23-43(41)45)35-17-13-19-39(31-35)53(51-29-11-9-27-47(51)48-28-10-12-30-52(48)53)40-20-14-18-36(32-40)50-34-38-16-2-4-22-42(38)44-24-6-8-26-46(44)50/h1-34H. The van der Waals surface area contributed by atoms with Gasteiger partial charge in [0.15, 0.2) is 0 Å². The van der Waals surface area contributed by atoms with Crippen LogP contribution in [0.1, 0.15) is 22.3 Å². The molecule has 11 rings (SSSR count). The van der Waals surface area contributed by atoms with Gasteiger partial charge in [0.05, 0.1) is 5.41 Å². The van der Waals surface area contributed by atoms with Crippen molar-refractivity contribution in [1.29, 1.82) is 0 Å². The van der Waals surface area contributed by atoms with E-state index in [4.69, 9.17) is 0 Å². The Morgan fingerprint density at radius 1 is 0.245 bits per heavy atom. The van der Waals surface area contributed by atoms with Crippen LogP contribution in [0.5, 0.6) is 0 Å². The van der Waals surface area contributed by atoms with Crippen molar-refractivity contribution in [3.05, 3.63) is 229 Å². The molecule has 1 aliphatic rings. The predicted octanol–water partition coefficient (Wildman–Crippen LogP) is 14.0. The van der Waals surface area contributed by atoms with E-state index in [0.717, 1.165) is 0 Å². The van der Waals surface area contributed by atoms with Crippen molar-refractivity contribution in [1.82, 2.24) is 0 Å². The fourth-order valence-corrected chi connectivity index (χ4v) is 9.45. The third-order valence-electron chi connectivity index (χ3n) is 11.7. The van der Waals surface area contributed by atoms with Crippen LogP contribution in [-0.2, 0) is 5.41 Å². The smallest absolute Gasteiger partial charge is 0.0619 e. The fraction of sp³-hybridized carbons (Fsp3) is 0.0189. The average Bonchev–Trinajstić information content (AvgIpc) is 3.54. The Morgan fingerprint density at radius 2 is 0.623 bits per heavy atom. The van der Waals surface area contributed by atoms with Crippen LogP contribution in [0.15, 0.2) is 206 Å². The van der Waals surface area contributed by atoms with Gasteiger partial charge in [-0.15, -0.1) is 0 Å². The molecule has 0 N–H and O–H groups in total. The first-order chi connectivity index (χ1) is 26.3. The van der Waals surface area contributed by atoms with E-state index in [1.807, 2.05) is 0 Å². The van der Waals surface area contributed by atoms with Crippen LogP contribution in [0.3, 0.4) is 0 Å². The zero-order valence-corrected chi connectivity index (χ0v) is 29.1. The first-order valence-electron chi connectivity index (χ1n) is 18.5. The third-order valence-corrected chi connectivity index (χ3v) is 11.7. The van der Waals surface area contributed by atoms with Crippen LogP contribution in [0, 0.1) is 0 Å². The lowest BCUT2D eigenvalue weighted by molar-refractivity contribution is 0.769. The topological polar surface area (TPSA) is 0 Å². The molecule has 0 bridgehead atoms. The van der Waals surface area contributed by atoms with E-state index in [-0.39, 0.29) is 0 Å². The molecular formula is C53H34. The summed E-state index contributed by atoms with van der Waals surface area (Å²) < 4.78 is 0. The molecule has 0 fully saturated rings. The molecule has 0 atom stereocenters. The van der Waals surface area contributed by atoms with Crippen molar-refractivity contribution in [2.45, 2.75) is 5.41 Å². The highest BCUT2D eigenvalue weighted by atomic mass is 14.5. The summed E-state index contributed by atoms with van der Waals surface area (Å²) in [7, 11) is 0. The first-order valence-corrected chi connectivity index (χ1v) is 18.5. The number of fused-ring (bicyclic) bond motifs is 9. The summed E-state index contributed by atoms with van der Waals surface area (Å²) in [6.45, 7) is 0. The Hall–Kier alpha value is -6.76. The summed E-state index contributed by atoms with van der Waals surface area (Å²) in [6.07, 6.45) is 0. The zero-order chi connectivity index (χ0) is 34.9. The first kappa shape index (κ1) is 29.9. The quantitative estimate of drug-likeness (QED) is 0.164. The maximum absolute atomic E-state index is 2.47. The van der Waals surface area contributed by atoms with Gasteiger partial charge in [-0.25, -0.2) is 0 Å². The van der Waals surface area contributed by atoms with Gasteiger partial charge < -0.3 is 0 Å². The van der Waals surface area contributed by atoms with E-state index in [1.165, 1.54) is 98.7 Å². The van der Waals surface area contributed by atoms with Gasteiger partial charge in [0.2, 0.25) is 0 Å². The second-order valence-electron chi connectivity index (χ2n) is 14.4. The molecule has 0 aromatic heterocycles. The molecule has 0 radical (unpaired) electrons. The Balaban J connectivity index is 1.20. The van der Waals surface area contributed by atoms with Crippen molar-refractivity contribution in [3.63, 3.8) is 0 Å².